The molecule has 0 N–H and O–H groups in total. The van der Waals surface area contributed by atoms with E-state index >= 15 is 0 Å². The normalized spacial score (nSPS) is 11.0. The molecule has 24 heavy (non-hydrogen) atoms. The number of ether oxygens (including phenoxy) is 3. The smallest absolute Gasteiger partial charge is 0.358 e. The van der Waals surface area contributed by atoms with Crippen LogP contribution >= 0.6 is 0 Å². The van der Waals surface area contributed by atoms with Gasteiger partial charge >= 0.3 is 5.97 Å². The first kappa shape index (κ1) is 17.1. The molecule has 0 amide bonds. The Morgan fingerprint density at radius 2 is 1.83 bits per heavy atom. The van der Waals surface area contributed by atoms with Crippen LogP contribution in [-0.2, 0) is 9.63 Å². The number of oxime groups is 1. The summed E-state index contributed by atoms with van der Waals surface area (Å²) < 4.78 is 20.7. The molecule has 1 heterocycles. The number of nitrogens with zero attached hydrogens (tertiary/aromatic N) is 1. The fourth-order valence-corrected chi connectivity index (χ4v) is 1.89. The Morgan fingerprint density at radius 3 is 2.38 bits per heavy atom. The maximum atomic E-state index is 11.6. The molecule has 7 heteroatoms. The van der Waals surface area contributed by atoms with E-state index in [9.17, 15) is 4.79 Å². The van der Waals surface area contributed by atoms with E-state index in [0.717, 1.165) is 0 Å². The van der Waals surface area contributed by atoms with Gasteiger partial charge in [0.2, 0.25) is 5.75 Å². The lowest BCUT2D eigenvalue weighted by Gasteiger charge is -2.12. The third-order valence-corrected chi connectivity index (χ3v) is 2.96. The van der Waals surface area contributed by atoms with Gasteiger partial charge in [0.1, 0.15) is 12.0 Å². The highest BCUT2D eigenvalue weighted by Crippen LogP contribution is 2.38. The third-order valence-electron chi connectivity index (χ3n) is 2.96. The van der Waals surface area contributed by atoms with E-state index in [1.165, 1.54) is 39.9 Å². The van der Waals surface area contributed by atoms with Crippen LogP contribution in [0.2, 0.25) is 0 Å². The minimum Gasteiger partial charge on any atom is -0.493 e. The van der Waals surface area contributed by atoms with Crippen LogP contribution in [-0.4, -0.2) is 33.5 Å². The fraction of sp³-hybridized carbons (Fsp3) is 0.176. The number of carbonyl (C=O) groups excluding carboxylic acids is 1. The Morgan fingerprint density at radius 1 is 1.12 bits per heavy atom. The summed E-state index contributed by atoms with van der Waals surface area (Å²) >= 11 is 0. The van der Waals surface area contributed by atoms with E-state index in [2.05, 4.69) is 5.16 Å². The third kappa shape index (κ3) is 4.39. The van der Waals surface area contributed by atoms with E-state index in [0.29, 0.717) is 28.6 Å². The topological polar surface area (TPSA) is 79.5 Å². The van der Waals surface area contributed by atoms with Crippen LogP contribution in [0, 0.1) is 0 Å². The Kier molecular flexibility index (Phi) is 6.01. The van der Waals surface area contributed by atoms with Crippen LogP contribution in [0.1, 0.15) is 11.3 Å². The van der Waals surface area contributed by atoms with Crippen molar-refractivity contribution in [3.8, 4) is 17.2 Å². The van der Waals surface area contributed by atoms with Crippen LogP contribution in [0.4, 0.5) is 0 Å². The van der Waals surface area contributed by atoms with Gasteiger partial charge in [-0.2, -0.15) is 0 Å². The largest absolute Gasteiger partial charge is 0.493 e. The van der Waals surface area contributed by atoms with Gasteiger partial charge in [-0.1, -0.05) is 5.16 Å². The summed E-state index contributed by atoms with van der Waals surface area (Å²) in [6.07, 6.45) is 5.58. The quantitative estimate of drug-likeness (QED) is 0.336. The average Bonchev–Trinajstić information content (AvgIpc) is 3.12. The number of hydrogen-bond acceptors (Lipinski definition) is 7. The second-order valence-electron chi connectivity index (χ2n) is 4.45. The molecule has 2 rings (SSSR count). The predicted octanol–water partition coefficient (Wildman–Crippen LogP) is 2.90. The molecule has 1 aromatic heterocycles. The summed E-state index contributed by atoms with van der Waals surface area (Å²) in [6, 6.07) is 6.80. The van der Waals surface area contributed by atoms with Crippen molar-refractivity contribution in [3.05, 3.63) is 47.9 Å². The van der Waals surface area contributed by atoms with E-state index in [-0.39, 0.29) is 0 Å². The molecule has 7 nitrogen and oxygen atoms in total. The monoisotopic (exact) mass is 331 g/mol. The van der Waals surface area contributed by atoms with Crippen molar-refractivity contribution in [1.82, 2.24) is 0 Å². The van der Waals surface area contributed by atoms with E-state index in [4.69, 9.17) is 23.5 Å². The summed E-state index contributed by atoms with van der Waals surface area (Å²) in [4.78, 5) is 16.3. The zero-order valence-corrected chi connectivity index (χ0v) is 13.5. The van der Waals surface area contributed by atoms with Crippen molar-refractivity contribution in [3.63, 3.8) is 0 Å². The van der Waals surface area contributed by atoms with Gasteiger partial charge in [-0.05, 0) is 35.9 Å². The Balaban J connectivity index is 2.06. The lowest BCUT2D eigenvalue weighted by molar-refractivity contribution is -0.137. The van der Waals surface area contributed by atoms with E-state index in [1.807, 2.05) is 0 Å². The van der Waals surface area contributed by atoms with Crippen molar-refractivity contribution in [2.24, 2.45) is 5.16 Å². The van der Waals surface area contributed by atoms with Gasteiger partial charge in [0.05, 0.1) is 27.6 Å². The highest BCUT2D eigenvalue weighted by molar-refractivity contribution is 5.88. The van der Waals surface area contributed by atoms with Crippen molar-refractivity contribution >= 4 is 18.3 Å². The first-order valence-corrected chi connectivity index (χ1v) is 6.94. The first-order chi connectivity index (χ1) is 11.7. The van der Waals surface area contributed by atoms with Gasteiger partial charge in [0, 0.05) is 6.08 Å². The van der Waals surface area contributed by atoms with Crippen LogP contribution < -0.4 is 14.2 Å². The van der Waals surface area contributed by atoms with Crippen LogP contribution in [0.3, 0.4) is 0 Å². The molecule has 0 bridgehead atoms. The summed E-state index contributed by atoms with van der Waals surface area (Å²) in [6.45, 7) is 0. The number of hydrogen-bond donors (Lipinski definition) is 0. The first-order valence-electron chi connectivity index (χ1n) is 6.94. The zero-order chi connectivity index (χ0) is 17.4. The maximum Gasteiger partial charge on any atom is 0.358 e. The fourth-order valence-electron chi connectivity index (χ4n) is 1.89. The van der Waals surface area contributed by atoms with Crippen molar-refractivity contribution in [2.75, 3.05) is 21.3 Å². The molecule has 126 valence electrons. The van der Waals surface area contributed by atoms with Gasteiger partial charge < -0.3 is 23.5 Å². The molecule has 0 fully saturated rings. The molecule has 0 aliphatic carbocycles. The molecule has 0 atom stereocenters. The summed E-state index contributed by atoms with van der Waals surface area (Å²) in [5.74, 6) is 1.30. The molecule has 0 saturated heterocycles. The molecule has 0 unspecified atom stereocenters. The van der Waals surface area contributed by atoms with Gasteiger partial charge in [0.15, 0.2) is 11.5 Å². The van der Waals surface area contributed by atoms with Gasteiger partial charge in [-0.3, -0.25) is 0 Å². The molecule has 0 spiro atoms. The highest BCUT2D eigenvalue weighted by Gasteiger charge is 2.12. The molecule has 2 aromatic rings. The molecular formula is C17H17NO6. The molecule has 0 aliphatic rings. The summed E-state index contributed by atoms with van der Waals surface area (Å²) in [5, 5.41) is 3.53. The molecular weight excluding hydrogens is 314 g/mol. The summed E-state index contributed by atoms with van der Waals surface area (Å²) in [5.41, 5.74) is 0.677. The van der Waals surface area contributed by atoms with Crippen LogP contribution in [0.5, 0.6) is 17.2 Å². The van der Waals surface area contributed by atoms with Crippen molar-refractivity contribution in [1.29, 1.82) is 0 Å². The number of methoxy groups -OCH3 is 3. The Bertz CT molecular complexity index is 709. The second-order valence-corrected chi connectivity index (χ2v) is 4.45. The molecule has 0 radical (unpaired) electrons. The molecule has 1 aromatic carbocycles. The summed E-state index contributed by atoms with van der Waals surface area (Å²) in [7, 11) is 4.55. The number of rotatable bonds is 7. The molecule has 0 aliphatic heterocycles. The highest BCUT2D eigenvalue weighted by atomic mass is 16.7. The number of furan rings is 1. The maximum absolute atomic E-state index is 11.6. The predicted molar refractivity (Wildman–Crippen MR) is 87.5 cm³/mol. The van der Waals surface area contributed by atoms with Gasteiger partial charge in [0.25, 0.3) is 0 Å². The lowest BCUT2D eigenvalue weighted by Crippen LogP contribution is -1.96. The Labute approximate surface area is 139 Å². The van der Waals surface area contributed by atoms with Gasteiger partial charge in [-0.15, -0.1) is 0 Å². The number of benzene rings is 1. The number of carbonyl (C=O) groups is 1. The van der Waals surface area contributed by atoms with Gasteiger partial charge in [-0.25, -0.2) is 4.79 Å². The van der Waals surface area contributed by atoms with Crippen LogP contribution in [0.15, 0.2) is 46.2 Å². The minimum atomic E-state index is -0.633. The van der Waals surface area contributed by atoms with E-state index < -0.39 is 5.97 Å². The SMILES string of the molecule is COc1cc(/C=C/C(=O)O/N=C/c2ccco2)cc(OC)c1OC. The standard InChI is InChI=1S/C17H17NO6/c1-20-14-9-12(10-15(21-2)17(14)22-3)6-7-16(19)24-18-11-13-5-4-8-23-13/h4-11H,1-3H3/b7-6+,18-11+. The van der Waals surface area contributed by atoms with Crippen LogP contribution in [0.25, 0.3) is 6.08 Å². The zero-order valence-electron chi connectivity index (χ0n) is 13.5. The van der Waals surface area contributed by atoms with E-state index in [1.54, 1.807) is 30.3 Å². The average molecular weight is 331 g/mol. The minimum absolute atomic E-state index is 0.475. The lowest BCUT2D eigenvalue weighted by atomic mass is 10.1. The Hall–Kier alpha value is -3.22. The van der Waals surface area contributed by atoms with Crippen molar-refractivity contribution < 1.29 is 28.3 Å². The second kappa shape index (κ2) is 8.42. The van der Waals surface area contributed by atoms with Crippen molar-refractivity contribution in [2.45, 2.75) is 0 Å². The molecule has 0 saturated carbocycles.